The SMILES string of the molecule is Cc1ccc(COc2nn(Cc3ccccc3F)c(N)c2C#N)cc1C. The maximum atomic E-state index is 13.9. The summed E-state index contributed by atoms with van der Waals surface area (Å²) in [5.41, 5.74) is 9.93. The lowest BCUT2D eigenvalue weighted by Crippen LogP contribution is -2.07. The molecule has 0 radical (unpaired) electrons. The summed E-state index contributed by atoms with van der Waals surface area (Å²) in [6.07, 6.45) is 0. The van der Waals surface area contributed by atoms with E-state index in [2.05, 4.69) is 5.10 Å². The Hall–Kier alpha value is -3.33. The topological polar surface area (TPSA) is 76.9 Å². The molecule has 26 heavy (non-hydrogen) atoms. The minimum absolute atomic E-state index is 0.125. The summed E-state index contributed by atoms with van der Waals surface area (Å²) in [4.78, 5) is 0. The lowest BCUT2D eigenvalue weighted by Gasteiger charge is -2.06. The molecule has 3 rings (SSSR count). The summed E-state index contributed by atoms with van der Waals surface area (Å²) in [7, 11) is 0. The number of aromatic nitrogens is 2. The smallest absolute Gasteiger partial charge is 0.253 e. The zero-order valence-corrected chi connectivity index (χ0v) is 14.7. The first kappa shape index (κ1) is 17.5. The maximum Gasteiger partial charge on any atom is 0.253 e. The van der Waals surface area contributed by atoms with E-state index in [1.54, 1.807) is 18.2 Å². The molecule has 2 N–H and O–H groups in total. The van der Waals surface area contributed by atoms with E-state index in [9.17, 15) is 9.65 Å². The predicted octanol–water partition coefficient (Wildman–Crippen LogP) is 3.72. The highest BCUT2D eigenvalue weighted by Crippen LogP contribution is 2.25. The van der Waals surface area contributed by atoms with E-state index >= 15 is 0 Å². The molecule has 0 spiro atoms. The number of anilines is 1. The second kappa shape index (κ2) is 7.28. The van der Waals surface area contributed by atoms with Crippen LogP contribution in [-0.2, 0) is 13.2 Å². The van der Waals surface area contributed by atoms with Crippen LogP contribution in [0.2, 0.25) is 0 Å². The normalized spacial score (nSPS) is 10.5. The average molecular weight is 350 g/mol. The van der Waals surface area contributed by atoms with Gasteiger partial charge in [0.05, 0.1) is 6.54 Å². The van der Waals surface area contributed by atoms with Crippen molar-refractivity contribution in [3.63, 3.8) is 0 Å². The number of nitrogens with zero attached hydrogens (tertiary/aromatic N) is 3. The Morgan fingerprint density at radius 2 is 1.96 bits per heavy atom. The quantitative estimate of drug-likeness (QED) is 0.761. The third kappa shape index (κ3) is 3.52. The van der Waals surface area contributed by atoms with Crippen LogP contribution >= 0.6 is 0 Å². The lowest BCUT2D eigenvalue weighted by molar-refractivity contribution is 0.289. The van der Waals surface area contributed by atoms with Gasteiger partial charge in [0, 0.05) is 5.56 Å². The standard InChI is InChI=1S/C20H19FN4O/c1-13-7-8-15(9-14(13)2)12-26-20-17(10-22)19(23)25(24-20)11-16-5-3-4-6-18(16)21/h3-9H,11-12,23H2,1-2H3. The number of nitriles is 1. The summed E-state index contributed by atoms with van der Waals surface area (Å²) < 4.78 is 20.9. The van der Waals surface area contributed by atoms with Crippen LogP contribution in [0.5, 0.6) is 5.88 Å². The van der Waals surface area contributed by atoms with Gasteiger partial charge >= 0.3 is 0 Å². The highest BCUT2D eigenvalue weighted by atomic mass is 19.1. The molecule has 1 aromatic heterocycles. The Morgan fingerprint density at radius 3 is 2.65 bits per heavy atom. The third-order valence-electron chi connectivity index (χ3n) is 4.30. The van der Waals surface area contributed by atoms with Crippen molar-refractivity contribution in [1.29, 1.82) is 5.26 Å². The van der Waals surface area contributed by atoms with Gasteiger partial charge in [-0.05, 0) is 36.6 Å². The second-order valence-electron chi connectivity index (χ2n) is 6.13. The van der Waals surface area contributed by atoms with Crippen molar-refractivity contribution in [2.45, 2.75) is 27.0 Å². The molecule has 0 aliphatic rings. The first-order valence-corrected chi connectivity index (χ1v) is 8.18. The molecular formula is C20H19FN4O. The highest BCUT2D eigenvalue weighted by molar-refractivity contribution is 5.55. The molecule has 0 aliphatic carbocycles. The molecule has 0 amide bonds. The molecule has 0 unspecified atom stereocenters. The summed E-state index contributed by atoms with van der Waals surface area (Å²) in [5, 5.41) is 13.6. The first-order valence-electron chi connectivity index (χ1n) is 8.18. The van der Waals surface area contributed by atoms with Crippen molar-refractivity contribution >= 4 is 5.82 Å². The van der Waals surface area contributed by atoms with Crippen molar-refractivity contribution in [2.75, 3.05) is 5.73 Å². The van der Waals surface area contributed by atoms with Gasteiger partial charge in [0.2, 0.25) is 0 Å². The van der Waals surface area contributed by atoms with Crippen LogP contribution in [0.4, 0.5) is 10.2 Å². The Labute approximate surface area is 151 Å². The van der Waals surface area contributed by atoms with Gasteiger partial charge in [-0.3, -0.25) is 0 Å². The minimum Gasteiger partial charge on any atom is -0.471 e. The Bertz CT molecular complexity index is 988. The van der Waals surface area contributed by atoms with Crippen molar-refractivity contribution in [1.82, 2.24) is 9.78 Å². The summed E-state index contributed by atoms with van der Waals surface area (Å²) >= 11 is 0. The molecule has 0 saturated heterocycles. The van der Waals surface area contributed by atoms with Gasteiger partial charge in [0.15, 0.2) is 5.56 Å². The number of aryl methyl sites for hydroxylation is 2. The molecule has 0 atom stereocenters. The number of ether oxygens (including phenoxy) is 1. The number of nitrogen functional groups attached to an aromatic ring is 1. The fraction of sp³-hybridized carbons (Fsp3) is 0.200. The van der Waals surface area contributed by atoms with Crippen LogP contribution in [0.15, 0.2) is 42.5 Å². The molecule has 6 heteroatoms. The number of hydrogen-bond acceptors (Lipinski definition) is 4. The van der Waals surface area contributed by atoms with Crippen LogP contribution in [0.3, 0.4) is 0 Å². The zero-order valence-electron chi connectivity index (χ0n) is 14.7. The summed E-state index contributed by atoms with van der Waals surface area (Å²) in [5.74, 6) is -0.0380. The lowest BCUT2D eigenvalue weighted by atomic mass is 10.1. The van der Waals surface area contributed by atoms with Crippen LogP contribution in [0.25, 0.3) is 0 Å². The largest absolute Gasteiger partial charge is 0.471 e. The molecule has 0 bridgehead atoms. The van der Waals surface area contributed by atoms with E-state index in [1.807, 2.05) is 38.1 Å². The molecule has 1 heterocycles. The molecule has 3 aromatic rings. The van der Waals surface area contributed by atoms with E-state index in [0.29, 0.717) is 5.56 Å². The molecular weight excluding hydrogens is 331 g/mol. The highest BCUT2D eigenvalue weighted by Gasteiger charge is 2.18. The van der Waals surface area contributed by atoms with Gasteiger partial charge in [-0.1, -0.05) is 36.4 Å². The van der Waals surface area contributed by atoms with Gasteiger partial charge < -0.3 is 10.5 Å². The van der Waals surface area contributed by atoms with Gasteiger partial charge in [-0.2, -0.15) is 5.26 Å². The van der Waals surface area contributed by atoms with Gasteiger partial charge in [-0.25, -0.2) is 9.07 Å². The number of nitrogens with two attached hydrogens (primary N) is 1. The number of rotatable bonds is 5. The number of benzene rings is 2. The van der Waals surface area contributed by atoms with Gasteiger partial charge in [-0.15, -0.1) is 5.10 Å². The number of halogens is 1. The monoisotopic (exact) mass is 350 g/mol. The fourth-order valence-electron chi connectivity index (χ4n) is 2.61. The molecule has 0 fully saturated rings. The van der Waals surface area contributed by atoms with Gasteiger partial charge in [0.25, 0.3) is 5.88 Å². The fourth-order valence-corrected chi connectivity index (χ4v) is 2.61. The second-order valence-corrected chi connectivity index (χ2v) is 6.13. The number of hydrogen-bond donors (Lipinski definition) is 1. The van der Waals surface area contributed by atoms with Crippen LogP contribution in [0, 0.1) is 31.0 Å². The Morgan fingerprint density at radius 1 is 1.19 bits per heavy atom. The Kier molecular flexibility index (Phi) is 4.90. The van der Waals surface area contributed by atoms with E-state index in [4.69, 9.17) is 10.5 Å². The third-order valence-corrected chi connectivity index (χ3v) is 4.30. The van der Waals surface area contributed by atoms with Crippen molar-refractivity contribution in [2.24, 2.45) is 0 Å². The van der Waals surface area contributed by atoms with Gasteiger partial charge in [0.1, 0.15) is 24.3 Å². The predicted molar refractivity (Wildman–Crippen MR) is 97.1 cm³/mol. The van der Waals surface area contributed by atoms with E-state index < -0.39 is 0 Å². The first-order chi connectivity index (χ1) is 12.5. The van der Waals surface area contributed by atoms with Crippen LogP contribution in [0.1, 0.15) is 27.8 Å². The van der Waals surface area contributed by atoms with Crippen molar-refractivity contribution in [3.8, 4) is 11.9 Å². The van der Waals surface area contributed by atoms with E-state index in [0.717, 1.165) is 11.1 Å². The van der Waals surface area contributed by atoms with E-state index in [-0.39, 0.29) is 36.2 Å². The van der Waals surface area contributed by atoms with Crippen LogP contribution < -0.4 is 10.5 Å². The zero-order chi connectivity index (χ0) is 18.7. The average Bonchev–Trinajstić information content (AvgIpc) is 2.93. The van der Waals surface area contributed by atoms with Crippen molar-refractivity contribution < 1.29 is 9.13 Å². The van der Waals surface area contributed by atoms with Crippen molar-refractivity contribution in [3.05, 3.63) is 76.1 Å². The minimum atomic E-state index is -0.349. The molecule has 2 aromatic carbocycles. The summed E-state index contributed by atoms with van der Waals surface area (Å²) in [6.45, 7) is 4.46. The summed E-state index contributed by atoms with van der Waals surface area (Å²) in [6, 6.07) is 14.4. The molecule has 132 valence electrons. The maximum absolute atomic E-state index is 13.9. The molecule has 5 nitrogen and oxygen atoms in total. The van der Waals surface area contributed by atoms with E-state index in [1.165, 1.54) is 16.3 Å². The molecule has 0 saturated carbocycles. The molecule has 0 aliphatic heterocycles. The van der Waals surface area contributed by atoms with Crippen LogP contribution in [-0.4, -0.2) is 9.78 Å². The Balaban J connectivity index is 1.82.